The maximum atomic E-state index is 11.8. The quantitative estimate of drug-likeness (QED) is 0.562. The van der Waals surface area contributed by atoms with Crippen LogP contribution >= 0.6 is 0 Å². The van der Waals surface area contributed by atoms with Crippen molar-refractivity contribution < 1.29 is 14.2 Å². The fraction of sp³-hybridized carbons (Fsp3) is 0.429. The number of nitrogens with zero attached hydrogens (tertiary/aromatic N) is 6. The summed E-state index contributed by atoms with van der Waals surface area (Å²) < 4.78 is 20.0. The highest BCUT2D eigenvalue weighted by Crippen LogP contribution is 2.25. The number of hydrogen-bond acceptors (Lipinski definition) is 8. The Morgan fingerprint density at radius 3 is 2.58 bits per heavy atom. The fourth-order valence-electron chi connectivity index (χ4n) is 3.63. The zero-order chi connectivity index (χ0) is 21.8. The molecule has 0 aliphatic carbocycles. The topological polar surface area (TPSA) is 96.5 Å². The molecule has 0 N–H and O–H groups in total. The van der Waals surface area contributed by atoms with Crippen molar-refractivity contribution in [2.24, 2.45) is 7.05 Å². The predicted octanol–water partition coefficient (Wildman–Crippen LogP) is 1.56. The van der Waals surface area contributed by atoms with Crippen molar-refractivity contribution in [2.45, 2.75) is 25.6 Å². The molecule has 164 valence electrons. The molecule has 0 amide bonds. The van der Waals surface area contributed by atoms with Gasteiger partial charge in [-0.05, 0) is 12.1 Å². The second-order valence-electron chi connectivity index (χ2n) is 7.31. The van der Waals surface area contributed by atoms with Crippen LogP contribution in [0.2, 0.25) is 0 Å². The van der Waals surface area contributed by atoms with Crippen LogP contribution in [0.15, 0.2) is 41.3 Å². The lowest BCUT2D eigenvalue weighted by Crippen LogP contribution is -2.40. The van der Waals surface area contributed by atoms with Gasteiger partial charge in [0.25, 0.3) is 5.56 Å². The van der Waals surface area contributed by atoms with E-state index in [1.165, 1.54) is 10.6 Å². The van der Waals surface area contributed by atoms with Crippen LogP contribution < -0.4 is 19.9 Å². The summed E-state index contributed by atoms with van der Waals surface area (Å²) in [6, 6.07) is 8.78. The molecule has 3 aromatic heterocycles. The van der Waals surface area contributed by atoms with Gasteiger partial charge in [0.2, 0.25) is 11.8 Å². The van der Waals surface area contributed by atoms with E-state index in [2.05, 4.69) is 20.1 Å². The van der Waals surface area contributed by atoms with Crippen LogP contribution in [0.4, 0.5) is 5.95 Å². The predicted molar refractivity (Wildman–Crippen MR) is 114 cm³/mol. The van der Waals surface area contributed by atoms with Crippen LogP contribution in [-0.4, -0.2) is 57.7 Å². The molecule has 4 heterocycles. The summed E-state index contributed by atoms with van der Waals surface area (Å²) >= 11 is 0. The average Bonchev–Trinajstić information content (AvgIpc) is 3.21. The van der Waals surface area contributed by atoms with E-state index in [-0.39, 0.29) is 11.7 Å². The second-order valence-corrected chi connectivity index (χ2v) is 7.31. The Labute approximate surface area is 180 Å². The van der Waals surface area contributed by atoms with Crippen LogP contribution in [0.25, 0.3) is 5.69 Å². The number of rotatable bonds is 7. The lowest BCUT2D eigenvalue weighted by Gasteiger charge is -2.33. The number of aromatic nitrogens is 5. The largest absolute Gasteiger partial charge is 0.481 e. The van der Waals surface area contributed by atoms with Crippen molar-refractivity contribution in [2.75, 3.05) is 32.2 Å². The standard InChI is InChI=1S/C21H26N6O4/c1-25-19(28)5-4-6-20(25)31-16-9-11-26(12-10-16)21-24-23-17(14-29-2)27(21)15-7-8-18(30-3)22-13-15/h4-8,13,16H,9-12,14H2,1-3H3. The highest BCUT2D eigenvalue weighted by Gasteiger charge is 2.26. The molecule has 31 heavy (non-hydrogen) atoms. The van der Waals surface area contributed by atoms with Gasteiger partial charge in [-0.2, -0.15) is 0 Å². The lowest BCUT2D eigenvalue weighted by atomic mass is 10.1. The number of piperidine rings is 1. The van der Waals surface area contributed by atoms with Gasteiger partial charge in [0.05, 0.1) is 19.0 Å². The van der Waals surface area contributed by atoms with Crippen LogP contribution in [-0.2, 0) is 18.4 Å². The Morgan fingerprint density at radius 2 is 1.90 bits per heavy atom. The fourth-order valence-corrected chi connectivity index (χ4v) is 3.63. The van der Waals surface area contributed by atoms with Crippen LogP contribution in [0.5, 0.6) is 11.8 Å². The van der Waals surface area contributed by atoms with Crippen LogP contribution in [0.1, 0.15) is 18.7 Å². The molecule has 1 saturated heterocycles. The molecule has 4 rings (SSSR count). The number of hydrogen-bond donors (Lipinski definition) is 0. The Morgan fingerprint density at radius 1 is 1.10 bits per heavy atom. The molecule has 1 aliphatic heterocycles. The molecule has 0 radical (unpaired) electrons. The lowest BCUT2D eigenvalue weighted by molar-refractivity contribution is 0.156. The molecule has 0 atom stereocenters. The van der Waals surface area contributed by atoms with Crippen molar-refractivity contribution in [3.8, 4) is 17.4 Å². The summed E-state index contributed by atoms with van der Waals surface area (Å²) in [5.41, 5.74) is 0.757. The van der Waals surface area contributed by atoms with Crippen LogP contribution in [0.3, 0.4) is 0 Å². The van der Waals surface area contributed by atoms with Gasteiger partial charge in [0.15, 0.2) is 11.7 Å². The first kappa shape index (κ1) is 20.9. The van der Waals surface area contributed by atoms with Crippen molar-refractivity contribution in [1.29, 1.82) is 0 Å². The SMILES string of the molecule is COCc1nnc(N2CCC(Oc3cccc(=O)n3C)CC2)n1-c1ccc(OC)nc1. The van der Waals surface area contributed by atoms with Gasteiger partial charge < -0.3 is 19.1 Å². The molecule has 0 bridgehead atoms. The summed E-state index contributed by atoms with van der Waals surface area (Å²) in [5.74, 6) is 2.56. The summed E-state index contributed by atoms with van der Waals surface area (Å²) in [7, 11) is 4.93. The molecule has 0 saturated carbocycles. The van der Waals surface area contributed by atoms with E-state index in [1.54, 1.807) is 39.6 Å². The van der Waals surface area contributed by atoms with Gasteiger partial charge in [-0.15, -0.1) is 10.2 Å². The first-order valence-electron chi connectivity index (χ1n) is 10.1. The van der Waals surface area contributed by atoms with Gasteiger partial charge >= 0.3 is 0 Å². The monoisotopic (exact) mass is 426 g/mol. The van der Waals surface area contributed by atoms with Crippen LogP contribution in [0, 0.1) is 0 Å². The second kappa shape index (κ2) is 9.17. The molecule has 3 aromatic rings. The molecule has 1 fully saturated rings. The van der Waals surface area contributed by atoms with E-state index in [1.807, 2.05) is 16.7 Å². The maximum absolute atomic E-state index is 11.8. The summed E-state index contributed by atoms with van der Waals surface area (Å²) in [5, 5.41) is 8.75. The van der Waals surface area contributed by atoms with Gasteiger partial charge in [-0.1, -0.05) is 6.07 Å². The Bertz CT molecular complexity index is 1070. The maximum Gasteiger partial charge on any atom is 0.253 e. The average molecular weight is 426 g/mol. The summed E-state index contributed by atoms with van der Waals surface area (Å²) in [4.78, 5) is 18.3. The number of ether oxygens (including phenoxy) is 3. The Balaban J connectivity index is 1.51. The molecule has 10 nitrogen and oxygen atoms in total. The number of anilines is 1. The van der Waals surface area contributed by atoms with Gasteiger partial charge in [-0.25, -0.2) is 4.98 Å². The zero-order valence-electron chi connectivity index (χ0n) is 17.9. The number of methoxy groups -OCH3 is 2. The minimum atomic E-state index is -0.0817. The Hall–Kier alpha value is -3.40. The molecular formula is C21H26N6O4. The zero-order valence-corrected chi connectivity index (χ0v) is 17.9. The summed E-state index contributed by atoms with van der Waals surface area (Å²) in [6.45, 7) is 1.83. The van der Waals surface area contributed by atoms with Crippen molar-refractivity contribution in [3.63, 3.8) is 0 Å². The third kappa shape index (κ3) is 4.38. The van der Waals surface area contributed by atoms with E-state index in [9.17, 15) is 4.79 Å². The molecule has 1 aliphatic rings. The van der Waals surface area contributed by atoms with Gasteiger partial charge in [0.1, 0.15) is 12.7 Å². The van der Waals surface area contributed by atoms with Crippen molar-refractivity contribution in [1.82, 2.24) is 24.3 Å². The first-order chi connectivity index (χ1) is 15.1. The van der Waals surface area contributed by atoms with E-state index in [0.29, 0.717) is 24.2 Å². The van der Waals surface area contributed by atoms with E-state index in [0.717, 1.165) is 37.6 Å². The number of pyridine rings is 2. The molecule has 0 aromatic carbocycles. The van der Waals surface area contributed by atoms with Crippen molar-refractivity contribution in [3.05, 3.63) is 52.7 Å². The minimum Gasteiger partial charge on any atom is -0.481 e. The molecular weight excluding hydrogens is 400 g/mol. The molecule has 0 unspecified atom stereocenters. The molecule has 10 heteroatoms. The highest BCUT2D eigenvalue weighted by atomic mass is 16.5. The van der Waals surface area contributed by atoms with E-state index in [4.69, 9.17) is 14.2 Å². The third-order valence-corrected chi connectivity index (χ3v) is 5.33. The highest BCUT2D eigenvalue weighted by molar-refractivity contribution is 5.44. The van der Waals surface area contributed by atoms with Gasteiger partial charge in [-0.3, -0.25) is 13.9 Å². The van der Waals surface area contributed by atoms with E-state index < -0.39 is 0 Å². The normalized spacial score (nSPS) is 14.6. The smallest absolute Gasteiger partial charge is 0.253 e. The summed E-state index contributed by atoms with van der Waals surface area (Å²) in [6.07, 6.45) is 3.37. The van der Waals surface area contributed by atoms with E-state index >= 15 is 0 Å². The third-order valence-electron chi connectivity index (χ3n) is 5.33. The van der Waals surface area contributed by atoms with Crippen molar-refractivity contribution >= 4 is 5.95 Å². The van der Waals surface area contributed by atoms with Gasteiger partial charge in [0, 0.05) is 52.2 Å². The Kier molecular flexibility index (Phi) is 6.17. The minimum absolute atomic E-state index is 0.0294. The first-order valence-corrected chi connectivity index (χ1v) is 10.1. The molecule has 0 spiro atoms.